The molecule has 2 heterocycles. The van der Waals surface area contributed by atoms with E-state index in [4.69, 9.17) is 4.52 Å². The van der Waals surface area contributed by atoms with Gasteiger partial charge in [-0.3, -0.25) is 9.69 Å². The van der Waals surface area contributed by atoms with Crippen molar-refractivity contribution in [2.24, 2.45) is 0 Å². The van der Waals surface area contributed by atoms with Crippen LogP contribution in [0.1, 0.15) is 29.7 Å². The minimum Gasteiger partial charge on any atom is -0.481 e. The van der Waals surface area contributed by atoms with Crippen LogP contribution in [0.15, 0.2) is 41.1 Å². The summed E-state index contributed by atoms with van der Waals surface area (Å²) in [6.07, 6.45) is 2.79. The molecule has 5 nitrogen and oxygen atoms in total. The van der Waals surface area contributed by atoms with E-state index in [-0.39, 0.29) is 0 Å². The lowest BCUT2D eigenvalue weighted by Crippen LogP contribution is -2.47. The maximum atomic E-state index is 11.9. The van der Waals surface area contributed by atoms with Crippen LogP contribution in [0.4, 0.5) is 0 Å². The molecule has 1 aliphatic rings. The molecule has 116 valence electrons. The van der Waals surface area contributed by atoms with E-state index in [1.54, 1.807) is 6.26 Å². The van der Waals surface area contributed by atoms with Gasteiger partial charge in [-0.05, 0) is 38.4 Å². The molecular weight excluding hydrogens is 280 g/mol. The number of hydrogen-bond donors (Lipinski definition) is 1. The molecule has 0 spiro atoms. The van der Waals surface area contributed by atoms with Gasteiger partial charge in [-0.25, -0.2) is 0 Å². The number of aliphatic carboxylic acids is 1. The van der Waals surface area contributed by atoms with Crippen LogP contribution in [0.3, 0.4) is 0 Å². The predicted octanol–water partition coefficient (Wildman–Crippen LogP) is 2.60. The topological polar surface area (TPSA) is 66.6 Å². The molecule has 0 aliphatic carbocycles. The van der Waals surface area contributed by atoms with Crippen molar-refractivity contribution in [3.63, 3.8) is 0 Å². The first kappa shape index (κ1) is 14.8. The van der Waals surface area contributed by atoms with Crippen LogP contribution < -0.4 is 0 Å². The van der Waals surface area contributed by atoms with Gasteiger partial charge in [0.2, 0.25) is 0 Å². The maximum Gasteiger partial charge on any atom is 0.314 e. The maximum absolute atomic E-state index is 11.9. The van der Waals surface area contributed by atoms with Gasteiger partial charge in [-0.1, -0.05) is 35.0 Å². The first-order chi connectivity index (χ1) is 10.6. The highest BCUT2D eigenvalue weighted by Crippen LogP contribution is 2.36. The Labute approximate surface area is 129 Å². The fraction of sp³-hybridized carbons (Fsp3) is 0.412. The number of hydrogen-bond acceptors (Lipinski definition) is 4. The van der Waals surface area contributed by atoms with Crippen molar-refractivity contribution in [2.75, 3.05) is 13.1 Å². The second-order valence-electron chi connectivity index (χ2n) is 6.02. The van der Waals surface area contributed by atoms with Crippen LogP contribution in [0, 0.1) is 6.92 Å². The zero-order valence-corrected chi connectivity index (χ0v) is 12.7. The molecule has 1 aliphatic heterocycles. The first-order valence-corrected chi connectivity index (χ1v) is 7.52. The fourth-order valence-electron chi connectivity index (χ4n) is 3.14. The van der Waals surface area contributed by atoms with Gasteiger partial charge in [0.15, 0.2) is 0 Å². The molecule has 1 saturated heterocycles. The summed E-state index contributed by atoms with van der Waals surface area (Å²) in [5, 5.41) is 13.7. The summed E-state index contributed by atoms with van der Waals surface area (Å²) in [5.74, 6) is -0.725. The van der Waals surface area contributed by atoms with E-state index in [0.29, 0.717) is 19.4 Å². The van der Waals surface area contributed by atoms with Gasteiger partial charge in [0.1, 0.15) is 6.26 Å². The van der Waals surface area contributed by atoms with Crippen LogP contribution in [0.5, 0.6) is 0 Å². The van der Waals surface area contributed by atoms with E-state index in [9.17, 15) is 9.90 Å². The number of rotatable bonds is 4. The minimum atomic E-state index is -0.770. The van der Waals surface area contributed by atoms with Gasteiger partial charge in [0.25, 0.3) is 0 Å². The Balaban J connectivity index is 1.74. The number of likely N-dealkylation sites (tertiary alicyclic amines) is 1. The molecule has 0 atom stereocenters. The number of nitrogens with zero attached hydrogens (tertiary/aromatic N) is 2. The molecule has 0 unspecified atom stereocenters. The largest absolute Gasteiger partial charge is 0.481 e. The fourth-order valence-corrected chi connectivity index (χ4v) is 3.14. The zero-order chi connectivity index (χ0) is 15.6. The molecule has 0 bridgehead atoms. The lowest BCUT2D eigenvalue weighted by molar-refractivity contribution is -0.146. The number of carboxylic acid groups (broad SMARTS) is 1. The second kappa shape index (κ2) is 5.93. The summed E-state index contributed by atoms with van der Waals surface area (Å²) in [6, 6.07) is 9.73. The third-order valence-electron chi connectivity index (χ3n) is 4.60. The third kappa shape index (κ3) is 2.76. The Morgan fingerprint density at radius 3 is 2.50 bits per heavy atom. The Bertz CT molecular complexity index is 626. The molecule has 1 aromatic heterocycles. The molecule has 0 radical (unpaired) electrons. The zero-order valence-electron chi connectivity index (χ0n) is 12.7. The minimum absolute atomic E-state index is 0.614. The van der Waals surface area contributed by atoms with Crippen molar-refractivity contribution in [3.05, 3.63) is 53.4 Å². The normalized spacial score (nSPS) is 18.2. The summed E-state index contributed by atoms with van der Waals surface area (Å²) >= 11 is 0. The molecule has 2 aromatic rings. The molecule has 5 heteroatoms. The van der Waals surface area contributed by atoms with Crippen molar-refractivity contribution in [3.8, 4) is 0 Å². The van der Waals surface area contributed by atoms with Gasteiger partial charge in [-0.15, -0.1) is 0 Å². The number of carbonyl (C=O) groups is 1. The molecular formula is C17H20N2O3. The molecule has 0 saturated carbocycles. The van der Waals surface area contributed by atoms with Crippen molar-refractivity contribution in [1.82, 2.24) is 10.1 Å². The molecule has 0 amide bonds. The predicted molar refractivity (Wildman–Crippen MR) is 81.5 cm³/mol. The van der Waals surface area contributed by atoms with Gasteiger partial charge in [0, 0.05) is 12.6 Å². The van der Waals surface area contributed by atoms with Crippen LogP contribution >= 0.6 is 0 Å². The van der Waals surface area contributed by atoms with E-state index >= 15 is 0 Å². The standard InChI is InChI=1S/C17H20N2O3/c1-13-2-4-14(5-3-13)17(16(20)21)7-9-19(10-8-17)12-15-6-11-22-18-15/h2-6,11H,7-10,12H2,1H3,(H,20,21). The molecule has 3 rings (SSSR count). The van der Waals surface area contributed by atoms with Crippen LogP contribution in [-0.2, 0) is 16.8 Å². The summed E-state index contributed by atoms with van der Waals surface area (Å²) in [6.45, 7) is 4.21. The second-order valence-corrected chi connectivity index (χ2v) is 6.02. The number of aryl methyl sites for hydroxylation is 1. The number of aromatic nitrogens is 1. The van der Waals surface area contributed by atoms with E-state index in [2.05, 4.69) is 10.1 Å². The Hall–Kier alpha value is -2.14. The highest BCUT2D eigenvalue weighted by Gasteiger charge is 2.43. The van der Waals surface area contributed by atoms with Crippen molar-refractivity contribution < 1.29 is 14.4 Å². The van der Waals surface area contributed by atoms with E-state index in [1.807, 2.05) is 37.3 Å². The summed E-state index contributed by atoms with van der Waals surface area (Å²) in [4.78, 5) is 14.2. The summed E-state index contributed by atoms with van der Waals surface area (Å²) in [5.41, 5.74) is 2.17. The van der Waals surface area contributed by atoms with E-state index < -0.39 is 11.4 Å². The third-order valence-corrected chi connectivity index (χ3v) is 4.60. The lowest BCUT2D eigenvalue weighted by atomic mass is 9.72. The highest BCUT2D eigenvalue weighted by atomic mass is 16.5. The Morgan fingerprint density at radius 2 is 1.95 bits per heavy atom. The van der Waals surface area contributed by atoms with Crippen LogP contribution in [-0.4, -0.2) is 34.2 Å². The number of piperidine rings is 1. The molecule has 1 fully saturated rings. The van der Waals surface area contributed by atoms with Gasteiger partial charge in [-0.2, -0.15) is 0 Å². The van der Waals surface area contributed by atoms with Gasteiger partial charge >= 0.3 is 5.97 Å². The van der Waals surface area contributed by atoms with Crippen molar-refractivity contribution >= 4 is 5.97 Å². The molecule has 22 heavy (non-hydrogen) atoms. The van der Waals surface area contributed by atoms with Gasteiger partial charge in [0.05, 0.1) is 11.1 Å². The summed E-state index contributed by atoms with van der Waals surface area (Å²) in [7, 11) is 0. The quantitative estimate of drug-likeness (QED) is 0.940. The average Bonchev–Trinajstić information content (AvgIpc) is 3.02. The summed E-state index contributed by atoms with van der Waals surface area (Å²) < 4.78 is 4.84. The molecule has 1 N–H and O–H groups in total. The van der Waals surface area contributed by atoms with Gasteiger partial charge < -0.3 is 9.63 Å². The Kier molecular flexibility index (Phi) is 3.98. The number of carboxylic acids is 1. The van der Waals surface area contributed by atoms with Crippen molar-refractivity contribution in [1.29, 1.82) is 0 Å². The number of benzene rings is 1. The molecule has 1 aromatic carbocycles. The Morgan fingerprint density at radius 1 is 1.27 bits per heavy atom. The highest BCUT2D eigenvalue weighted by molar-refractivity contribution is 5.81. The van der Waals surface area contributed by atoms with Crippen LogP contribution in [0.25, 0.3) is 0 Å². The van der Waals surface area contributed by atoms with Crippen molar-refractivity contribution in [2.45, 2.75) is 31.7 Å². The van der Waals surface area contributed by atoms with Crippen LogP contribution in [0.2, 0.25) is 0 Å². The average molecular weight is 300 g/mol. The van der Waals surface area contributed by atoms with E-state index in [1.165, 1.54) is 0 Å². The smallest absolute Gasteiger partial charge is 0.314 e. The van der Waals surface area contributed by atoms with E-state index in [0.717, 1.165) is 29.9 Å². The monoisotopic (exact) mass is 300 g/mol. The first-order valence-electron chi connectivity index (χ1n) is 7.52. The lowest BCUT2D eigenvalue weighted by Gasteiger charge is -2.39. The SMILES string of the molecule is Cc1ccc(C2(C(=O)O)CCN(Cc3ccon3)CC2)cc1.